The van der Waals surface area contributed by atoms with Crippen LogP contribution >= 0.6 is 0 Å². The lowest BCUT2D eigenvalue weighted by Gasteiger charge is -2.35. The van der Waals surface area contributed by atoms with Crippen LogP contribution in [0.1, 0.15) is 43.9 Å². The Morgan fingerprint density at radius 1 is 1.21 bits per heavy atom. The molecule has 1 saturated heterocycles. The van der Waals surface area contributed by atoms with Crippen LogP contribution in [0.2, 0.25) is 0 Å². The molecule has 0 N–H and O–H groups in total. The molecule has 6 nitrogen and oxygen atoms in total. The van der Waals surface area contributed by atoms with E-state index in [4.69, 9.17) is 4.74 Å². The van der Waals surface area contributed by atoms with Crippen LogP contribution in [0.25, 0.3) is 0 Å². The zero-order valence-electron chi connectivity index (χ0n) is 17.6. The topological polar surface area (TPSA) is 64.4 Å². The van der Waals surface area contributed by atoms with Crippen LogP contribution in [0.4, 0.5) is 0 Å². The summed E-state index contributed by atoms with van der Waals surface area (Å²) >= 11 is 0. The molecular weight excluding hydrogens is 386 g/mol. The smallest absolute Gasteiger partial charge is 0.227 e. The molecule has 1 aliphatic heterocycles. The number of methoxy groups -OCH3 is 1. The summed E-state index contributed by atoms with van der Waals surface area (Å²) in [6.45, 7) is 4.81. The second-order valence-electron chi connectivity index (χ2n) is 7.72. The van der Waals surface area contributed by atoms with Gasteiger partial charge in [-0.05, 0) is 37.8 Å². The van der Waals surface area contributed by atoms with Crippen molar-refractivity contribution >= 4 is 9.84 Å². The Morgan fingerprint density at radius 2 is 2.00 bits per heavy atom. The molecule has 1 aliphatic rings. The van der Waals surface area contributed by atoms with E-state index in [9.17, 15) is 8.42 Å². The number of likely N-dealkylation sites (tertiary alicyclic amines) is 1. The number of ether oxygens (including phenoxy) is 1. The van der Waals surface area contributed by atoms with Gasteiger partial charge in [0.25, 0.3) is 0 Å². The van der Waals surface area contributed by atoms with E-state index in [0.29, 0.717) is 12.6 Å². The second kappa shape index (κ2) is 10.4. The van der Waals surface area contributed by atoms with E-state index in [1.54, 1.807) is 20.2 Å². The van der Waals surface area contributed by atoms with Gasteiger partial charge in [0.15, 0.2) is 0 Å². The number of sulfone groups is 1. The van der Waals surface area contributed by atoms with Gasteiger partial charge in [0, 0.05) is 32.8 Å². The first-order valence-electron chi connectivity index (χ1n) is 10.6. The third-order valence-corrected chi connectivity index (χ3v) is 7.44. The van der Waals surface area contributed by atoms with E-state index in [0.717, 1.165) is 38.2 Å². The summed E-state index contributed by atoms with van der Waals surface area (Å²) in [4.78, 5) is 6.82. The predicted octanol–water partition coefficient (Wildman–Crippen LogP) is 3.31. The Kier molecular flexibility index (Phi) is 7.86. The van der Waals surface area contributed by atoms with Crippen LogP contribution in [-0.4, -0.2) is 54.9 Å². The van der Waals surface area contributed by atoms with Crippen LogP contribution in [0.5, 0.6) is 0 Å². The second-order valence-corrected chi connectivity index (χ2v) is 9.90. The van der Waals surface area contributed by atoms with Crippen molar-refractivity contribution in [3.05, 3.63) is 47.8 Å². The summed E-state index contributed by atoms with van der Waals surface area (Å²) in [6, 6.07) is 10.7. The van der Waals surface area contributed by atoms with Gasteiger partial charge in [0.05, 0.1) is 17.6 Å². The summed E-state index contributed by atoms with van der Waals surface area (Å²) in [6.07, 6.45) is 7.14. The summed E-state index contributed by atoms with van der Waals surface area (Å²) < 4.78 is 32.5. The molecule has 7 heteroatoms. The number of piperidine rings is 1. The van der Waals surface area contributed by atoms with Crippen molar-refractivity contribution in [2.24, 2.45) is 0 Å². The molecule has 2 aromatic rings. The van der Waals surface area contributed by atoms with Crippen molar-refractivity contribution in [1.29, 1.82) is 0 Å². The molecule has 29 heavy (non-hydrogen) atoms. The maximum absolute atomic E-state index is 12.6. The lowest BCUT2D eigenvalue weighted by Crippen LogP contribution is -2.40. The van der Waals surface area contributed by atoms with Gasteiger partial charge in [-0.3, -0.25) is 4.90 Å². The summed E-state index contributed by atoms with van der Waals surface area (Å²) in [7, 11) is -1.62. The molecule has 3 rings (SSSR count). The monoisotopic (exact) mass is 419 g/mol. The molecule has 0 bridgehead atoms. The SMILES string of the molecule is CCS(=O)(=O)c1ncc(CN2CCCC[C@@H]2CCOC)n1CCc1ccccc1. The van der Waals surface area contributed by atoms with Crippen molar-refractivity contribution in [1.82, 2.24) is 14.5 Å². The molecule has 1 atom stereocenters. The van der Waals surface area contributed by atoms with E-state index in [1.807, 2.05) is 22.8 Å². The van der Waals surface area contributed by atoms with Crippen LogP contribution in [0, 0.1) is 0 Å². The quantitative estimate of drug-likeness (QED) is 0.591. The Bertz CT molecular complexity index is 865. The van der Waals surface area contributed by atoms with Gasteiger partial charge in [0.2, 0.25) is 15.0 Å². The van der Waals surface area contributed by atoms with Gasteiger partial charge >= 0.3 is 0 Å². The Morgan fingerprint density at radius 3 is 2.72 bits per heavy atom. The van der Waals surface area contributed by atoms with E-state index in [2.05, 4.69) is 22.0 Å². The highest BCUT2D eigenvalue weighted by atomic mass is 32.2. The van der Waals surface area contributed by atoms with Crippen molar-refractivity contribution in [3.63, 3.8) is 0 Å². The van der Waals surface area contributed by atoms with Gasteiger partial charge in [-0.2, -0.15) is 0 Å². The summed E-state index contributed by atoms with van der Waals surface area (Å²) in [5, 5.41) is 0.205. The molecule has 1 aromatic heterocycles. The van der Waals surface area contributed by atoms with Crippen molar-refractivity contribution in [3.8, 4) is 0 Å². The van der Waals surface area contributed by atoms with Gasteiger partial charge in [0.1, 0.15) is 0 Å². The van der Waals surface area contributed by atoms with Crippen LogP contribution < -0.4 is 0 Å². The first-order chi connectivity index (χ1) is 14.0. The highest BCUT2D eigenvalue weighted by molar-refractivity contribution is 7.91. The minimum Gasteiger partial charge on any atom is -0.385 e. The number of hydrogen-bond donors (Lipinski definition) is 0. The highest BCUT2D eigenvalue weighted by Gasteiger charge is 2.26. The maximum Gasteiger partial charge on any atom is 0.227 e. The molecule has 0 amide bonds. The Balaban J connectivity index is 1.83. The number of aromatic nitrogens is 2. The number of imidazole rings is 1. The number of benzene rings is 1. The van der Waals surface area contributed by atoms with Crippen molar-refractivity contribution < 1.29 is 13.2 Å². The van der Waals surface area contributed by atoms with Gasteiger partial charge in [-0.1, -0.05) is 43.7 Å². The molecule has 0 aliphatic carbocycles. The number of aryl methyl sites for hydroxylation is 1. The first-order valence-corrected chi connectivity index (χ1v) is 12.2. The van der Waals surface area contributed by atoms with Gasteiger partial charge in [-0.15, -0.1) is 0 Å². The molecular formula is C22H33N3O3S. The van der Waals surface area contributed by atoms with E-state index in [1.165, 1.54) is 24.8 Å². The largest absolute Gasteiger partial charge is 0.385 e. The standard InChI is InChI=1S/C22H33N3O3S/c1-3-29(26,27)22-23-17-21(25(22)15-12-19-9-5-4-6-10-19)18-24-14-8-7-11-20(24)13-16-28-2/h4-6,9-10,17,20H,3,7-8,11-16,18H2,1-2H3/t20-/m1/s1. The number of nitrogens with zero attached hydrogens (tertiary/aromatic N) is 3. The maximum atomic E-state index is 12.6. The summed E-state index contributed by atoms with van der Waals surface area (Å²) in [5.74, 6) is 0.0645. The predicted molar refractivity (Wildman–Crippen MR) is 115 cm³/mol. The molecule has 0 radical (unpaired) electrons. The fourth-order valence-corrected chi connectivity index (χ4v) is 5.09. The Hall–Kier alpha value is -1.70. The molecule has 2 heterocycles. The van der Waals surface area contributed by atoms with Gasteiger partial charge < -0.3 is 9.30 Å². The molecule has 1 aromatic carbocycles. The zero-order chi connectivity index (χ0) is 20.7. The summed E-state index contributed by atoms with van der Waals surface area (Å²) in [5.41, 5.74) is 2.18. The third kappa shape index (κ3) is 5.68. The molecule has 0 unspecified atom stereocenters. The lowest BCUT2D eigenvalue weighted by atomic mass is 9.99. The lowest BCUT2D eigenvalue weighted by molar-refractivity contribution is 0.0952. The van der Waals surface area contributed by atoms with E-state index in [-0.39, 0.29) is 10.9 Å². The minimum atomic E-state index is -3.37. The zero-order valence-corrected chi connectivity index (χ0v) is 18.4. The van der Waals surface area contributed by atoms with E-state index < -0.39 is 9.84 Å². The molecule has 0 saturated carbocycles. The molecule has 1 fully saturated rings. The fourth-order valence-electron chi connectivity index (χ4n) is 4.08. The highest BCUT2D eigenvalue weighted by Crippen LogP contribution is 2.24. The third-order valence-electron chi connectivity index (χ3n) is 5.80. The van der Waals surface area contributed by atoms with Crippen molar-refractivity contribution in [2.75, 3.05) is 26.0 Å². The average molecular weight is 420 g/mol. The van der Waals surface area contributed by atoms with Crippen LogP contribution in [0.15, 0.2) is 41.7 Å². The molecule has 0 spiro atoms. The van der Waals surface area contributed by atoms with Crippen LogP contribution in [-0.2, 0) is 34.1 Å². The van der Waals surface area contributed by atoms with Crippen molar-refractivity contribution in [2.45, 2.75) is 63.3 Å². The van der Waals surface area contributed by atoms with E-state index >= 15 is 0 Å². The number of hydrogen-bond acceptors (Lipinski definition) is 5. The Labute approximate surface area is 174 Å². The molecule has 160 valence electrons. The van der Waals surface area contributed by atoms with Gasteiger partial charge in [-0.25, -0.2) is 13.4 Å². The fraction of sp³-hybridized carbons (Fsp3) is 0.591. The normalized spacial score (nSPS) is 18.2. The first kappa shape index (κ1) is 22.0. The minimum absolute atomic E-state index is 0.0645. The average Bonchev–Trinajstić information content (AvgIpc) is 3.15. The number of rotatable bonds is 10. The van der Waals surface area contributed by atoms with Crippen LogP contribution in [0.3, 0.4) is 0 Å².